The number of rotatable bonds is 3. The molecular formula is C11H17N3O4S. The Labute approximate surface area is 111 Å². The number of carbonyl (C=O) groups is 1. The smallest absolute Gasteiger partial charge is 0.360 e. The van der Waals surface area contributed by atoms with E-state index in [4.69, 9.17) is 0 Å². The lowest BCUT2D eigenvalue weighted by atomic mass is 10.1. The van der Waals surface area contributed by atoms with E-state index < -0.39 is 15.8 Å². The molecule has 1 unspecified atom stereocenters. The molecule has 1 aliphatic heterocycles. The SMILES string of the molecule is COC(=O)c1nnn(C2CCS(=O)(=O)C2)c1C(C)C. The molecule has 0 aromatic carbocycles. The second-order valence-electron chi connectivity index (χ2n) is 4.97. The quantitative estimate of drug-likeness (QED) is 0.754. The van der Waals surface area contributed by atoms with E-state index in [-0.39, 0.29) is 29.2 Å². The molecule has 106 valence electrons. The van der Waals surface area contributed by atoms with Gasteiger partial charge in [-0.25, -0.2) is 17.9 Å². The second kappa shape index (κ2) is 4.92. The van der Waals surface area contributed by atoms with Gasteiger partial charge in [0.05, 0.1) is 30.4 Å². The summed E-state index contributed by atoms with van der Waals surface area (Å²) in [5.74, 6) is -0.331. The summed E-state index contributed by atoms with van der Waals surface area (Å²) in [5, 5.41) is 7.80. The number of carbonyl (C=O) groups excluding carboxylic acids is 1. The first-order valence-corrected chi connectivity index (χ1v) is 7.91. The van der Waals surface area contributed by atoms with Gasteiger partial charge in [-0.15, -0.1) is 5.10 Å². The lowest BCUT2D eigenvalue weighted by Gasteiger charge is -2.14. The van der Waals surface area contributed by atoms with Crippen LogP contribution in [0.1, 0.15) is 48.4 Å². The van der Waals surface area contributed by atoms with Crippen LogP contribution in [0.25, 0.3) is 0 Å². The molecule has 1 aliphatic rings. The van der Waals surface area contributed by atoms with Crippen LogP contribution in [-0.4, -0.2) is 48.0 Å². The predicted molar refractivity (Wildman–Crippen MR) is 67.8 cm³/mol. The van der Waals surface area contributed by atoms with E-state index in [2.05, 4.69) is 15.0 Å². The van der Waals surface area contributed by atoms with Gasteiger partial charge >= 0.3 is 5.97 Å². The molecule has 1 atom stereocenters. The first kappa shape index (κ1) is 14.0. The summed E-state index contributed by atoms with van der Waals surface area (Å²) < 4.78 is 29.3. The second-order valence-corrected chi connectivity index (χ2v) is 7.20. The number of ether oxygens (including phenoxy) is 1. The van der Waals surface area contributed by atoms with E-state index in [0.717, 1.165) is 0 Å². The molecule has 19 heavy (non-hydrogen) atoms. The lowest BCUT2D eigenvalue weighted by Crippen LogP contribution is -2.17. The first-order chi connectivity index (χ1) is 8.85. The number of hydrogen-bond donors (Lipinski definition) is 0. The number of esters is 1. The molecule has 1 saturated heterocycles. The van der Waals surface area contributed by atoms with Crippen molar-refractivity contribution >= 4 is 15.8 Å². The number of aromatic nitrogens is 3. The summed E-state index contributed by atoms with van der Waals surface area (Å²) in [6.45, 7) is 3.82. The number of hydrogen-bond acceptors (Lipinski definition) is 6. The minimum atomic E-state index is -3.01. The van der Waals surface area contributed by atoms with Gasteiger partial charge in [0.25, 0.3) is 0 Å². The molecular weight excluding hydrogens is 270 g/mol. The topological polar surface area (TPSA) is 91.2 Å². The Balaban J connectivity index is 2.42. The molecule has 0 saturated carbocycles. The molecule has 0 amide bonds. The van der Waals surface area contributed by atoms with Crippen molar-refractivity contribution in [2.45, 2.75) is 32.2 Å². The zero-order chi connectivity index (χ0) is 14.2. The van der Waals surface area contributed by atoms with Crippen LogP contribution < -0.4 is 0 Å². The molecule has 1 fully saturated rings. The largest absolute Gasteiger partial charge is 0.464 e. The molecule has 2 heterocycles. The van der Waals surface area contributed by atoms with E-state index in [1.807, 2.05) is 13.8 Å². The first-order valence-electron chi connectivity index (χ1n) is 6.09. The Bertz CT molecular complexity index is 591. The van der Waals surface area contributed by atoms with Crippen LogP contribution in [0.3, 0.4) is 0 Å². The van der Waals surface area contributed by atoms with Gasteiger partial charge in [0.2, 0.25) is 0 Å². The zero-order valence-corrected chi connectivity index (χ0v) is 12.0. The Morgan fingerprint density at radius 2 is 2.16 bits per heavy atom. The van der Waals surface area contributed by atoms with Crippen LogP contribution in [0.15, 0.2) is 0 Å². The molecule has 0 spiro atoms. The highest BCUT2D eigenvalue weighted by molar-refractivity contribution is 7.91. The van der Waals surface area contributed by atoms with Crippen molar-refractivity contribution in [3.8, 4) is 0 Å². The highest BCUT2D eigenvalue weighted by Gasteiger charge is 2.34. The van der Waals surface area contributed by atoms with E-state index in [0.29, 0.717) is 12.1 Å². The zero-order valence-electron chi connectivity index (χ0n) is 11.2. The fourth-order valence-corrected chi connectivity index (χ4v) is 4.01. The summed E-state index contributed by atoms with van der Waals surface area (Å²) in [6.07, 6.45) is 0.506. The van der Waals surface area contributed by atoms with Crippen molar-refractivity contribution in [1.82, 2.24) is 15.0 Å². The van der Waals surface area contributed by atoms with Crippen molar-refractivity contribution in [3.05, 3.63) is 11.4 Å². The molecule has 0 bridgehead atoms. The molecule has 2 rings (SSSR count). The van der Waals surface area contributed by atoms with Crippen LogP contribution in [0.5, 0.6) is 0 Å². The van der Waals surface area contributed by atoms with Crippen molar-refractivity contribution in [1.29, 1.82) is 0 Å². The Morgan fingerprint density at radius 1 is 1.47 bits per heavy atom. The fraction of sp³-hybridized carbons (Fsp3) is 0.727. The number of methoxy groups -OCH3 is 1. The van der Waals surface area contributed by atoms with Crippen LogP contribution in [0.4, 0.5) is 0 Å². The van der Waals surface area contributed by atoms with E-state index in [1.54, 1.807) is 4.68 Å². The Hall–Kier alpha value is -1.44. The van der Waals surface area contributed by atoms with Crippen LogP contribution in [0, 0.1) is 0 Å². The average molecular weight is 287 g/mol. The molecule has 0 N–H and O–H groups in total. The average Bonchev–Trinajstić information content (AvgIpc) is 2.91. The molecule has 0 aliphatic carbocycles. The highest BCUT2D eigenvalue weighted by atomic mass is 32.2. The third kappa shape index (κ3) is 2.63. The maximum absolute atomic E-state index is 11.6. The van der Waals surface area contributed by atoms with Crippen molar-refractivity contribution < 1.29 is 17.9 Å². The van der Waals surface area contributed by atoms with Gasteiger partial charge in [-0.1, -0.05) is 19.1 Å². The van der Waals surface area contributed by atoms with Crippen LogP contribution >= 0.6 is 0 Å². The summed E-state index contributed by atoms with van der Waals surface area (Å²) in [5.41, 5.74) is 0.802. The number of nitrogens with zero attached hydrogens (tertiary/aromatic N) is 3. The molecule has 8 heteroatoms. The Kier molecular flexibility index (Phi) is 3.62. The van der Waals surface area contributed by atoms with E-state index in [9.17, 15) is 13.2 Å². The van der Waals surface area contributed by atoms with Crippen molar-refractivity contribution in [2.24, 2.45) is 0 Å². The van der Waals surface area contributed by atoms with Gasteiger partial charge in [-0.2, -0.15) is 0 Å². The molecule has 1 aromatic heterocycles. The lowest BCUT2D eigenvalue weighted by molar-refractivity contribution is 0.0592. The minimum Gasteiger partial charge on any atom is -0.464 e. The molecule has 0 radical (unpaired) electrons. The summed E-state index contributed by atoms with van der Waals surface area (Å²) >= 11 is 0. The van der Waals surface area contributed by atoms with Gasteiger partial charge in [-0.3, -0.25) is 0 Å². The van der Waals surface area contributed by atoms with Gasteiger partial charge in [0.15, 0.2) is 15.5 Å². The molecule has 7 nitrogen and oxygen atoms in total. The van der Waals surface area contributed by atoms with Crippen molar-refractivity contribution in [2.75, 3.05) is 18.6 Å². The summed E-state index contributed by atoms with van der Waals surface area (Å²) in [4.78, 5) is 11.6. The van der Waals surface area contributed by atoms with E-state index in [1.165, 1.54) is 7.11 Å². The maximum atomic E-state index is 11.6. The summed E-state index contributed by atoms with van der Waals surface area (Å²) in [7, 11) is -1.72. The van der Waals surface area contributed by atoms with Crippen LogP contribution in [0.2, 0.25) is 0 Å². The normalized spacial score (nSPS) is 21.8. The van der Waals surface area contributed by atoms with Gasteiger partial charge < -0.3 is 4.74 Å². The fourth-order valence-electron chi connectivity index (χ4n) is 2.32. The number of sulfone groups is 1. The predicted octanol–water partition coefficient (Wildman–Crippen LogP) is 0.548. The van der Waals surface area contributed by atoms with Crippen molar-refractivity contribution in [3.63, 3.8) is 0 Å². The minimum absolute atomic E-state index is 0.00686. The van der Waals surface area contributed by atoms with Gasteiger partial charge in [-0.05, 0) is 12.3 Å². The Morgan fingerprint density at radius 3 is 2.63 bits per heavy atom. The van der Waals surface area contributed by atoms with E-state index >= 15 is 0 Å². The van der Waals surface area contributed by atoms with Gasteiger partial charge in [0.1, 0.15) is 0 Å². The molecule has 1 aromatic rings. The summed E-state index contributed by atoms with van der Waals surface area (Å²) in [6, 6.07) is -0.242. The standard InChI is InChI=1S/C11H17N3O4S/c1-7(2)10-9(11(15)18-3)12-13-14(10)8-4-5-19(16,17)6-8/h7-8H,4-6H2,1-3H3. The van der Waals surface area contributed by atoms with Crippen LogP contribution in [-0.2, 0) is 14.6 Å². The maximum Gasteiger partial charge on any atom is 0.360 e. The third-order valence-electron chi connectivity index (χ3n) is 3.21. The monoisotopic (exact) mass is 287 g/mol. The highest BCUT2D eigenvalue weighted by Crippen LogP contribution is 2.28. The van der Waals surface area contributed by atoms with Gasteiger partial charge in [0, 0.05) is 0 Å². The third-order valence-corrected chi connectivity index (χ3v) is 4.96.